The molecule has 0 radical (unpaired) electrons. The Labute approximate surface area is 204 Å². The first-order valence-corrected chi connectivity index (χ1v) is 12.7. The number of piperidine rings is 1. The van der Waals surface area contributed by atoms with Gasteiger partial charge in [-0.1, -0.05) is 41.7 Å². The lowest BCUT2D eigenvalue weighted by atomic mass is 9.93. The van der Waals surface area contributed by atoms with Crippen LogP contribution in [0.5, 0.6) is 0 Å². The Morgan fingerprint density at radius 2 is 1.88 bits per heavy atom. The number of benzene rings is 1. The number of morpholine rings is 1. The zero-order valence-corrected chi connectivity index (χ0v) is 20.3. The van der Waals surface area contributed by atoms with Crippen molar-refractivity contribution in [3.63, 3.8) is 0 Å². The number of amides is 1. The maximum atomic E-state index is 12.7. The maximum Gasteiger partial charge on any atom is 0.236 e. The van der Waals surface area contributed by atoms with E-state index in [1.54, 1.807) is 11.3 Å². The molecule has 0 spiro atoms. The van der Waals surface area contributed by atoms with Gasteiger partial charge in [0, 0.05) is 50.1 Å². The quantitative estimate of drug-likeness (QED) is 0.578. The van der Waals surface area contributed by atoms with Crippen LogP contribution < -0.4 is 5.32 Å². The molecule has 178 valence electrons. The largest absolute Gasteiger partial charge is 0.379 e. The van der Waals surface area contributed by atoms with E-state index in [1.165, 1.54) is 0 Å². The molecular weight excluding hydrogens is 448 g/mol. The molecular formula is C25H30N6O2S. The van der Waals surface area contributed by atoms with Gasteiger partial charge in [-0.2, -0.15) is 0 Å². The third-order valence-corrected chi connectivity index (χ3v) is 7.35. The van der Waals surface area contributed by atoms with Gasteiger partial charge in [-0.15, -0.1) is 0 Å². The first-order valence-electron chi connectivity index (χ1n) is 11.9. The maximum absolute atomic E-state index is 12.7. The molecule has 0 atom stereocenters. The lowest BCUT2D eigenvalue weighted by Gasteiger charge is -2.34. The Hall–Kier alpha value is -2.88. The van der Waals surface area contributed by atoms with Gasteiger partial charge in [0.15, 0.2) is 5.13 Å². The minimum atomic E-state index is 0.222. The summed E-state index contributed by atoms with van der Waals surface area (Å²) < 4.78 is 5.38. The number of ether oxygens (including phenoxy) is 1. The Bertz CT molecular complexity index is 1110. The topological polar surface area (TPSA) is 83.5 Å². The summed E-state index contributed by atoms with van der Waals surface area (Å²) in [7, 11) is 0. The SMILES string of the molecule is Cc1nc(Nc2ncc(-c3ccccc3)s2)cc(C2CCN(C(=O)CN3CCOCC3)CC2)n1. The summed E-state index contributed by atoms with van der Waals surface area (Å²) in [5.41, 5.74) is 2.19. The van der Waals surface area contributed by atoms with Crippen LogP contribution >= 0.6 is 11.3 Å². The van der Waals surface area contributed by atoms with E-state index in [4.69, 9.17) is 9.72 Å². The number of hydrogen-bond acceptors (Lipinski definition) is 8. The summed E-state index contributed by atoms with van der Waals surface area (Å²) in [4.78, 5) is 31.9. The van der Waals surface area contributed by atoms with E-state index >= 15 is 0 Å². The number of aryl methyl sites for hydroxylation is 1. The van der Waals surface area contributed by atoms with Gasteiger partial charge in [-0.3, -0.25) is 9.69 Å². The summed E-state index contributed by atoms with van der Waals surface area (Å²) in [5, 5.41) is 4.17. The van der Waals surface area contributed by atoms with E-state index in [0.29, 0.717) is 25.7 Å². The fourth-order valence-electron chi connectivity index (χ4n) is 4.52. The highest BCUT2D eigenvalue weighted by Gasteiger charge is 2.26. The van der Waals surface area contributed by atoms with Gasteiger partial charge in [-0.25, -0.2) is 15.0 Å². The zero-order valence-electron chi connectivity index (χ0n) is 19.4. The van der Waals surface area contributed by atoms with Crippen molar-refractivity contribution in [1.82, 2.24) is 24.8 Å². The molecule has 3 aromatic rings. The minimum absolute atomic E-state index is 0.222. The number of nitrogens with zero attached hydrogens (tertiary/aromatic N) is 5. The number of likely N-dealkylation sites (tertiary alicyclic amines) is 1. The van der Waals surface area contributed by atoms with Crippen molar-refractivity contribution in [3.8, 4) is 10.4 Å². The number of thiazole rings is 1. The van der Waals surface area contributed by atoms with Crippen molar-refractivity contribution in [2.75, 3.05) is 51.3 Å². The molecule has 0 unspecified atom stereocenters. The third kappa shape index (κ3) is 5.60. The predicted octanol–water partition coefficient (Wildman–Crippen LogP) is 3.69. The van der Waals surface area contributed by atoms with Crippen molar-refractivity contribution in [2.45, 2.75) is 25.7 Å². The number of aromatic nitrogens is 3. The van der Waals surface area contributed by atoms with Gasteiger partial charge in [0.25, 0.3) is 0 Å². The summed E-state index contributed by atoms with van der Waals surface area (Å²) in [5.74, 6) is 2.05. The molecule has 2 saturated heterocycles. The normalized spacial score (nSPS) is 17.6. The van der Waals surface area contributed by atoms with Crippen LogP contribution in [0.4, 0.5) is 10.9 Å². The number of carbonyl (C=O) groups excluding carboxylic acids is 1. The second-order valence-electron chi connectivity index (χ2n) is 8.79. The van der Waals surface area contributed by atoms with Gasteiger partial charge in [0.05, 0.1) is 24.6 Å². The molecule has 2 aromatic heterocycles. The molecule has 0 bridgehead atoms. The van der Waals surface area contributed by atoms with Crippen LogP contribution in [0.25, 0.3) is 10.4 Å². The number of anilines is 2. The first kappa shape index (κ1) is 22.9. The predicted molar refractivity (Wildman–Crippen MR) is 133 cm³/mol. The molecule has 2 aliphatic heterocycles. The average Bonchev–Trinajstić information content (AvgIpc) is 3.33. The molecule has 2 fully saturated rings. The second kappa shape index (κ2) is 10.6. The van der Waals surface area contributed by atoms with Crippen LogP contribution in [0.3, 0.4) is 0 Å². The molecule has 1 N–H and O–H groups in total. The van der Waals surface area contributed by atoms with Crippen molar-refractivity contribution < 1.29 is 9.53 Å². The monoisotopic (exact) mass is 478 g/mol. The molecule has 34 heavy (non-hydrogen) atoms. The van der Waals surface area contributed by atoms with E-state index in [2.05, 4.69) is 32.3 Å². The Morgan fingerprint density at radius 3 is 2.65 bits per heavy atom. The van der Waals surface area contributed by atoms with Crippen LogP contribution in [0.1, 0.15) is 30.3 Å². The van der Waals surface area contributed by atoms with Gasteiger partial charge in [-0.05, 0) is 25.3 Å². The van der Waals surface area contributed by atoms with Gasteiger partial charge >= 0.3 is 0 Å². The summed E-state index contributed by atoms with van der Waals surface area (Å²) in [6, 6.07) is 12.3. The number of hydrogen-bond donors (Lipinski definition) is 1. The first-order chi connectivity index (χ1) is 16.6. The molecule has 0 saturated carbocycles. The molecule has 5 rings (SSSR count). The van der Waals surface area contributed by atoms with Gasteiger partial charge in [0.1, 0.15) is 11.6 Å². The van der Waals surface area contributed by atoms with Crippen molar-refractivity contribution in [1.29, 1.82) is 0 Å². The third-order valence-electron chi connectivity index (χ3n) is 6.39. The van der Waals surface area contributed by atoms with E-state index in [-0.39, 0.29) is 5.91 Å². The van der Waals surface area contributed by atoms with Gasteiger partial charge in [0.2, 0.25) is 5.91 Å². The number of nitrogens with one attached hydrogen (secondary N) is 1. The molecule has 0 aliphatic carbocycles. The van der Waals surface area contributed by atoms with Crippen molar-refractivity contribution in [3.05, 3.63) is 54.1 Å². The average molecular weight is 479 g/mol. The lowest BCUT2D eigenvalue weighted by Crippen LogP contribution is -2.46. The molecule has 4 heterocycles. The van der Waals surface area contributed by atoms with E-state index < -0.39 is 0 Å². The highest BCUT2D eigenvalue weighted by Crippen LogP contribution is 2.32. The molecule has 9 heteroatoms. The molecule has 8 nitrogen and oxygen atoms in total. The minimum Gasteiger partial charge on any atom is -0.379 e. The van der Waals surface area contributed by atoms with Crippen LogP contribution in [0.2, 0.25) is 0 Å². The fraction of sp³-hybridized carbons (Fsp3) is 0.440. The summed E-state index contributed by atoms with van der Waals surface area (Å²) >= 11 is 1.61. The van der Waals surface area contributed by atoms with E-state index in [1.807, 2.05) is 42.3 Å². The van der Waals surface area contributed by atoms with Crippen LogP contribution in [-0.2, 0) is 9.53 Å². The van der Waals surface area contributed by atoms with E-state index in [9.17, 15) is 4.79 Å². The van der Waals surface area contributed by atoms with Gasteiger partial charge < -0.3 is 15.0 Å². The number of carbonyl (C=O) groups is 1. The van der Waals surface area contributed by atoms with Crippen LogP contribution in [0, 0.1) is 6.92 Å². The molecule has 2 aliphatic rings. The number of rotatable bonds is 6. The highest BCUT2D eigenvalue weighted by molar-refractivity contribution is 7.18. The summed E-state index contributed by atoms with van der Waals surface area (Å²) in [6.45, 7) is 7.06. The van der Waals surface area contributed by atoms with E-state index in [0.717, 1.165) is 71.9 Å². The molecule has 1 aromatic carbocycles. The fourth-order valence-corrected chi connectivity index (χ4v) is 5.35. The summed E-state index contributed by atoms with van der Waals surface area (Å²) in [6.07, 6.45) is 3.72. The van der Waals surface area contributed by atoms with Crippen molar-refractivity contribution >= 4 is 28.2 Å². The smallest absolute Gasteiger partial charge is 0.236 e. The van der Waals surface area contributed by atoms with Crippen LogP contribution in [0.15, 0.2) is 42.6 Å². The van der Waals surface area contributed by atoms with Crippen LogP contribution in [-0.4, -0.2) is 76.6 Å². The standard InChI is InChI=1S/C25H30N6O2S/c1-18-27-21(19-7-9-31(10-8-19)24(32)17-30-11-13-33-14-12-30)15-23(28-18)29-25-26-16-22(34-25)20-5-3-2-4-6-20/h2-6,15-16,19H,7-14,17H2,1H3,(H,26,27,28,29). The Morgan fingerprint density at radius 1 is 1.12 bits per heavy atom. The Kier molecular flexibility index (Phi) is 7.13. The Balaban J connectivity index is 1.20. The highest BCUT2D eigenvalue weighted by atomic mass is 32.1. The van der Waals surface area contributed by atoms with Crippen molar-refractivity contribution in [2.24, 2.45) is 0 Å². The lowest BCUT2D eigenvalue weighted by molar-refractivity contribution is -0.134. The molecule has 1 amide bonds. The second-order valence-corrected chi connectivity index (χ2v) is 9.82. The zero-order chi connectivity index (χ0) is 23.3.